The van der Waals surface area contributed by atoms with Gasteiger partial charge in [0, 0.05) is 38.1 Å². The summed E-state index contributed by atoms with van der Waals surface area (Å²) in [5.74, 6) is 0.800. The van der Waals surface area contributed by atoms with E-state index in [1.807, 2.05) is 39.0 Å². The van der Waals surface area contributed by atoms with Crippen LogP contribution in [0.15, 0.2) is 54.9 Å². The Bertz CT molecular complexity index is 1260. The predicted molar refractivity (Wildman–Crippen MR) is 146 cm³/mol. The maximum absolute atomic E-state index is 12.6. The van der Waals surface area contributed by atoms with Crippen LogP contribution >= 0.6 is 0 Å². The zero-order valence-corrected chi connectivity index (χ0v) is 22.9. The topological polar surface area (TPSA) is 72.9 Å². The number of aryl methyl sites for hydroxylation is 1. The van der Waals surface area contributed by atoms with Crippen LogP contribution in [0.5, 0.6) is 17.2 Å². The maximum Gasteiger partial charge on any atom is 0.573 e. The van der Waals surface area contributed by atoms with Gasteiger partial charge in [0.2, 0.25) is 0 Å². The van der Waals surface area contributed by atoms with Gasteiger partial charge in [-0.05, 0) is 80.6 Å². The molecule has 1 N–H and O–H groups in total. The molecule has 1 aromatic heterocycles. The van der Waals surface area contributed by atoms with E-state index in [9.17, 15) is 18.0 Å². The molecule has 1 aliphatic heterocycles. The van der Waals surface area contributed by atoms with Gasteiger partial charge in [-0.1, -0.05) is 12.1 Å². The molecule has 7 nitrogen and oxygen atoms in total. The average molecular weight is 558 g/mol. The highest BCUT2D eigenvalue weighted by atomic mass is 19.4. The predicted octanol–water partition coefficient (Wildman–Crippen LogP) is 6.15. The van der Waals surface area contributed by atoms with Crippen LogP contribution in [-0.4, -0.2) is 54.5 Å². The highest BCUT2D eigenvalue weighted by Gasteiger charge is 2.31. The molecule has 1 aliphatic rings. The van der Waals surface area contributed by atoms with Gasteiger partial charge in [-0.2, -0.15) is 0 Å². The Morgan fingerprint density at radius 1 is 1.00 bits per heavy atom. The van der Waals surface area contributed by atoms with Crippen molar-refractivity contribution in [2.75, 3.05) is 26.3 Å². The summed E-state index contributed by atoms with van der Waals surface area (Å²) in [5.41, 5.74) is 3.85. The van der Waals surface area contributed by atoms with Crippen LogP contribution in [-0.2, 0) is 6.54 Å². The number of piperidine rings is 1. The van der Waals surface area contributed by atoms with Crippen molar-refractivity contribution in [3.63, 3.8) is 0 Å². The lowest BCUT2D eigenvalue weighted by Gasteiger charge is -2.32. The fraction of sp³-hybridized carbons (Fsp3) is 0.400. The van der Waals surface area contributed by atoms with E-state index in [0.717, 1.165) is 37.1 Å². The van der Waals surface area contributed by atoms with E-state index in [4.69, 9.17) is 9.47 Å². The van der Waals surface area contributed by atoms with Crippen molar-refractivity contribution in [2.45, 2.75) is 52.6 Å². The van der Waals surface area contributed by atoms with Gasteiger partial charge in [-0.25, -0.2) is 0 Å². The number of hydrogen-bond donors (Lipinski definition) is 1. The van der Waals surface area contributed by atoms with E-state index in [1.54, 1.807) is 24.5 Å². The number of nitrogens with one attached hydrogen (secondary N) is 1. The lowest BCUT2D eigenvalue weighted by Crippen LogP contribution is -2.44. The molecule has 2 aromatic carbocycles. The molecule has 0 bridgehead atoms. The van der Waals surface area contributed by atoms with Gasteiger partial charge >= 0.3 is 6.36 Å². The summed E-state index contributed by atoms with van der Waals surface area (Å²) in [4.78, 5) is 19.0. The number of rotatable bonds is 10. The molecule has 40 heavy (non-hydrogen) atoms. The van der Waals surface area contributed by atoms with Crippen molar-refractivity contribution in [1.29, 1.82) is 0 Å². The minimum Gasteiger partial charge on any atom is -0.493 e. The lowest BCUT2D eigenvalue weighted by atomic mass is 9.99. The molecule has 0 unspecified atom stereocenters. The molecular weight excluding hydrogens is 523 g/mol. The molecule has 10 heteroatoms. The first-order valence-corrected chi connectivity index (χ1v) is 13.4. The van der Waals surface area contributed by atoms with Crippen LogP contribution in [0.4, 0.5) is 13.2 Å². The minimum atomic E-state index is -4.76. The third-order valence-electron chi connectivity index (χ3n) is 6.57. The van der Waals surface area contributed by atoms with Crippen LogP contribution in [0.3, 0.4) is 0 Å². The fourth-order valence-electron chi connectivity index (χ4n) is 4.82. The van der Waals surface area contributed by atoms with Gasteiger partial charge < -0.3 is 19.5 Å². The van der Waals surface area contributed by atoms with Crippen molar-refractivity contribution in [3.8, 4) is 28.4 Å². The molecule has 0 radical (unpaired) electrons. The molecule has 214 valence electrons. The first-order chi connectivity index (χ1) is 19.1. The Hall–Kier alpha value is -3.79. The van der Waals surface area contributed by atoms with Crippen LogP contribution in [0.1, 0.15) is 48.2 Å². The molecule has 3 aromatic rings. The zero-order valence-electron chi connectivity index (χ0n) is 22.9. The average Bonchev–Trinajstić information content (AvgIpc) is 2.90. The van der Waals surface area contributed by atoms with E-state index in [1.165, 1.54) is 12.1 Å². The monoisotopic (exact) mass is 557 g/mol. The summed E-state index contributed by atoms with van der Waals surface area (Å²) in [6.07, 6.45) is 0.198. The number of carbonyl (C=O) groups excluding carboxylic acids is 1. The Morgan fingerprint density at radius 3 is 2.17 bits per heavy atom. The molecule has 1 saturated heterocycles. The first-order valence-electron chi connectivity index (χ1n) is 13.4. The number of halogens is 3. The number of carbonyl (C=O) groups is 1. The van der Waals surface area contributed by atoms with E-state index in [0.29, 0.717) is 47.9 Å². The first kappa shape index (κ1) is 29.2. The Labute approximate surface area is 232 Å². The molecule has 0 saturated carbocycles. The largest absolute Gasteiger partial charge is 0.573 e. The Morgan fingerprint density at radius 2 is 1.62 bits per heavy atom. The van der Waals surface area contributed by atoms with Crippen LogP contribution in [0, 0.1) is 6.92 Å². The second kappa shape index (κ2) is 13.0. The smallest absolute Gasteiger partial charge is 0.493 e. The van der Waals surface area contributed by atoms with Gasteiger partial charge in [0.25, 0.3) is 5.91 Å². The number of alkyl halides is 3. The third kappa shape index (κ3) is 7.88. The number of hydrogen-bond acceptors (Lipinski definition) is 6. The fourth-order valence-corrected chi connectivity index (χ4v) is 4.82. The minimum absolute atomic E-state index is 0.0916. The molecule has 0 atom stereocenters. The zero-order chi connectivity index (χ0) is 28.7. The molecule has 0 spiro atoms. The number of pyridine rings is 1. The van der Waals surface area contributed by atoms with Crippen molar-refractivity contribution in [2.24, 2.45) is 0 Å². The molecule has 2 heterocycles. The lowest BCUT2D eigenvalue weighted by molar-refractivity contribution is -0.274. The summed E-state index contributed by atoms with van der Waals surface area (Å²) >= 11 is 0. The number of benzene rings is 2. The standard InChI is InChI=1S/C30H34F3N3O4/c1-4-38-26-15-21(16-27(39-5-2)28(26)22-6-8-25(9-7-22)40-30(31,32)33)19-36-12-10-24(11-13-36)35-29(37)23-14-20(3)17-34-18-23/h6-9,14-18,24H,4-5,10-13,19H2,1-3H3,(H,35,37). The van der Waals surface area contributed by atoms with Crippen LogP contribution < -0.4 is 19.5 Å². The number of ether oxygens (including phenoxy) is 3. The highest BCUT2D eigenvalue weighted by Crippen LogP contribution is 2.41. The number of nitrogens with zero attached hydrogens (tertiary/aromatic N) is 2. The Balaban J connectivity index is 1.46. The number of likely N-dealkylation sites (tertiary alicyclic amines) is 1. The number of amides is 1. The van der Waals surface area contributed by atoms with Gasteiger partial charge in [-0.15, -0.1) is 13.2 Å². The van der Waals surface area contributed by atoms with E-state index < -0.39 is 6.36 Å². The van der Waals surface area contributed by atoms with Gasteiger partial charge in [-0.3, -0.25) is 14.7 Å². The van der Waals surface area contributed by atoms with E-state index in [-0.39, 0.29) is 17.7 Å². The van der Waals surface area contributed by atoms with Crippen molar-refractivity contribution >= 4 is 5.91 Å². The highest BCUT2D eigenvalue weighted by molar-refractivity contribution is 5.94. The molecule has 1 fully saturated rings. The second-order valence-electron chi connectivity index (χ2n) is 9.68. The summed E-state index contributed by atoms with van der Waals surface area (Å²) in [5, 5.41) is 3.12. The van der Waals surface area contributed by atoms with Crippen molar-refractivity contribution in [1.82, 2.24) is 15.2 Å². The van der Waals surface area contributed by atoms with Crippen molar-refractivity contribution in [3.05, 3.63) is 71.5 Å². The summed E-state index contributed by atoms with van der Waals surface area (Å²) < 4.78 is 53.8. The van der Waals surface area contributed by atoms with E-state index in [2.05, 4.69) is 19.9 Å². The van der Waals surface area contributed by atoms with Gasteiger partial charge in [0.15, 0.2) is 0 Å². The van der Waals surface area contributed by atoms with Gasteiger partial charge in [0.05, 0.1) is 24.3 Å². The normalized spacial score (nSPS) is 14.6. The van der Waals surface area contributed by atoms with E-state index >= 15 is 0 Å². The molecule has 0 aliphatic carbocycles. The number of aromatic nitrogens is 1. The Kier molecular flexibility index (Phi) is 9.52. The second-order valence-corrected chi connectivity index (χ2v) is 9.68. The summed E-state index contributed by atoms with van der Waals surface area (Å²) in [6.45, 7) is 8.79. The van der Waals surface area contributed by atoms with Crippen LogP contribution in [0.25, 0.3) is 11.1 Å². The van der Waals surface area contributed by atoms with Crippen LogP contribution in [0.2, 0.25) is 0 Å². The van der Waals surface area contributed by atoms with Crippen molar-refractivity contribution < 1.29 is 32.2 Å². The third-order valence-corrected chi connectivity index (χ3v) is 6.57. The molecule has 1 amide bonds. The SMILES string of the molecule is CCOc1cc(CN2CCC(NC(=O)c3cncc(C)c3)CC2)cc(OCC)c1-c1ccc(OC(F)(F)F)cc1. The summed E-state index contributed by atoms with van der Waals surface area (Å²) in [6, 6.07) is 11.5. The van der Waals surface area contributed by atoms with Gasteiger partial charge in [0.1, 0.15) is 17.2 Å². The quantitative estimate of drug-likeness (QED) is 0.323. The molecular formula is C30H34F3N3O4. The molecule has 4 rings (SSSR count). The summed E-state index contributed by atoms with van der Waals surface area (Å²) in [7, 11) is 0. The maximum atomic E-state index is 12.6.